The second kappa shape index (κ2) is 7.77. The van der Waals surface area contributed by atoms with E-state index in [1.54, 1.807) is 36.5 Å². The molecule has 0 aliphatic rings. The van der Waals surface area contributed by atoms with Crippen LogP contribution >= 0.6 is 11.6 Å². The number of amides is 1. The topological polar surface area (TPSA) is 77.2 Å². The van der Waals surface area contributed by atoms with E-state index >= 15 is 0 Å². The van der Waals surface area contributed by atoms with Crippen molar-refractivity contribution in [2.45, 2.75) is 19.9 Å². The number of benzene rings is 1. The number of hydrogen-bond donors (Lipinski definition) is 2. The van der Waals surface area contributed by atoms with Gasteiger partial charge in [0, 0.05) is 24.0 Å². The molecule has 5 nitrogen and oxygen atoms in total. The van der Waals surface area contributed by atoms with Crippen molar-refractivity contribution in [2.24, 2.45) is 5.73 Å². The summed E-state index contributed by atoms with van der Waals surface area (Å²) >= 11 is 6.14. The van der Waals surface area contributed by atoms with Crippen LogP contribution in [-0.2, 0) is 6.54 Å². The number of pyridine rings is 1. The van der Waals surface area contributed by atoms with Crippen molar-refractivity contribution in [2.75, 3.05) is 11.9 Å². The first kappa shape index (κ1) is 16.3. The van der Waals surface area contributed by atoms with Crippen LogP contribution in [0.4, 0.5) is 5.69 Å². The minimum absolute atomic E-state index is 0.240. The lowest BCUT2D eigenvalue weighted by molar-refractivity contribution is 0.102. The molecule has 1 heterocycles. The number of carbonyl (C=O) groups excluding carboxylic acids is 1. The average Bonchev–Trinajstić information content (AvgIpc) is 2.54. The minimum atomic E-state index is -0.240. The molecule has 0 spiro atoms. The molecule has 116 valence electrons. The Bertz CT molecular complexity index is 662. The lowest BCUT2D eigenvalue weighted by Crippen LogP contribution is -2.13. The fourth-order valence-electron chi connectivity index (χ4n) is 1.84. The van der Waals surface area contributed by atoms with Gasteiger partial charge in [0.25, 0.3) is 5.91 Å². The van der Waals surface area contributed by atoms with Gasteiger partial charge in [-0.05, 0) is 36.8 Å². The van der Waals surface area contributed by atoms with E-state index in [-0.39, 0.29) is 12.5 Å². The molecule has 0 saturated carbocycles. The molecular formula is C16H18ClN3O2. The third-order valence-electron chi connectivity index (χ3n) is 2.94. The monoisotopic (exact) mass is 319 g/mol. The van der Waals surface area contributed by atoms with Crippen molar-refractivity contribution in [3.63, 3.8) is 0 Å². The summed E-state index contributed by atoms with van der Waals surface area (Å²) in [4.78, 5) is 16.3. The normalized spacial score (nSPS) is 10.3. The van der Waals surface area contributed by atoms with Crippen LogP contribution in [-0.4, -0.2) is 17.5 Å². The molecule has 2 aromatic rings. The predicted molar refractivity (Wildman–Crippen MR) is 87.3 cm³/mol. The number of anilines is 1. The number of aromatic nitrogens is 1. The van der Waals surface area contributed by atoms with E-state index in [0.29, 0.717) is 34.3 Å². The maximum absolute atomic E-state index is 12.2. The highest BCUT2D eigenvalue weighted by Crippen LogP contribution is 2.28. The molecule has 0 radical (unpaired) electrons. The fourth-order valence-corrected chi connectivity index (χ4v) is 2.08. The third-order valence-corrected chi connectivity index (χ3v) is 3.23. The van der Waals surface area contributed by atoms with Gasteiger partial charge in [-0.1, -0.05) is 18.5 Å². The Morgan fingerprint density at radius 1 is 1.36 bits per heavy atom. The molecule has 0 fully saturated rings. The first-order valence-electron chi connectivity index (χ1n) is 7.02. The zero-order chi connectivity index (χ0) is 15.9. The maximum Gasteiger partial charge on any atom is 0.255 e. The molecular weight excluding hydrogens is 302 g/mol. The largest absolute Gasteiger partial charge is 0.492 e. The molecule has 1 aromatic heterocycles. The molecule has 0 atom stereocenters. The molecule has 6 heteroatoms. The molecule has 0 aliphatic carbocycles. The molecule has 0 aliphatic heterocycles. The Hall–Kier alpha value is -2.11. The fraction of sp³-hybridized carbons (Fsp3) is 0.250. The number of nitrogens with one attached hydrogen (secondary N) is 1. The first-order valence-corrected chi connectivity index (χ1v) is 7.40. The second-order valence-corrected chi connectivity index (χ2v) is 5.09. The minimum Gasteiger partial charge on any atom is -0.492 e. The zero-order valence-electron chi connectivity index (χ0n) is 12.3. The van der Waals surface area contributed by atoms with E-state index < -0.39 is 0 Å². The molecule has 2 rings (SSSR count). The predicted octanol–water partition coefficient (Wildman–Crippen LogP) is 3.23. The second-order valence-electron chi connectivity index (χ2n) is 4.69. The van der Waals surface area contributed by atoms with Gasteiger partial charge in [0.1, 0.15) is 5.75 Å². The van der Waals surface area contributed by atoms with Gasteiger partial charge in [-0.2, -0.15) is 0 Å². The van der Waals surface area contributed by atoms with E-state index in [4.69, 9.17) is 22.1 Å². The summed E-state index contributed by atoms with van der Waals surface area (Å²) in [5, 5.41) is 3.25. The summed E-state index contributed by atoms with van der Waals surface area (Å²) in [6.45, 7) is 2.91. The van der Waals surface area contributed by atoms with Gasteiger partial charge in [0.2, 0.25) is 0 Å². The highest BCUT2D eigenvalue weighted by atomic mass is 35.5. The Morgan fingerprint density at radius 3 is 2.86 bits per heavy atom. The summed E-state index contributed by atoms with van der Waals surface area (Å²) in [5.41, 5.74) is 7.28. The molecule has 1 aromatic carbocycles. The Kier molecular flexibility index (Phi) is 5.75. The van der Waals surface area contributed by atoms with Gasteiger partial charge in [0.15, 0.2) is 0 Å². The molecule has 22 heavy (non-hydrogen) atoms. The maximum atomic E-state index is 12.2. The summed E-state index contributed by atoms with van der Waals surface area (Å²) in [6, 6.07) is 8.45. The Morgan fingerprint density at radius 2 is 2.18 bits per heavy atom. The zero-order valence-corrected chi connectivity index (χ0v) is 13.1. The summed E-state index contributed by atoms with van der Waals surface area (Å²) < 4.78 is 5.49. The van der Waals surface area contributed by atoms with Gasteiger partial charge >= 0.3 is 0 Å². The van der Waals surface area contributed by atoms with Gasteiger partial charge in [-0.25, -0.2) is 0 Å². The summed E-state index contributed by atoms with van der Waals surface area (Å²) in [6.07, 6.45) is 2.46. The standard InChI is InChI=1S/C16H18ClN3O2/c1-2-7-22-15-4-3-12(9-14(15)17)20-16(21)11-5-6-19-13(8-11)10-18/h3-6,8-9H,2,7,10,18H2,1H3,(H,20,21). The molecule has 0 bridgehead atoms. The molecule has 3 N–H and O–H groups in total. The smallest absolute Gasteiger partial charge is 0.255 e. The number of nitrogens with zero attached hydrogens (tertiary/aromatic N) is 1. The van der Waals surface area contributed by atoms with Crippen molar-refractivity contribution in [3.05, 3.63) is 52.8 Å². The van der Waals surface area contributed by atoms with Crippen molar-refractivity contribution in [3.8, 4) is 5.75 Å². The van der Waals surface area contributed by atoms with Gasteiger partial charge in [-0.15, -0.1) is 0 Å². The molecule has 0 saturated heterocycles. The average molecular weight is 320 g/mol. The number of carbonyl (C=O) groups is 1. The lowest BCUT2D eigenvalue weighted by atomic mass is 10.2. The van der Waals surface area contributed by atoms with Gasteiger partial charge in [-0.3, -0.25) is 9.78 Å². The highest BCUT2D eigenvalue weighted by Gasteiger charge is 2.09. The quantitative estimate of drug-likeness (QED) is 0.857. The van der Waals surface area contributed by atoms with Crippen molar-refractivity contribution < 1.29 is 9.53 Å². The van der Waals surface area contributed by atoms with E-state index in [2.05, 4.69) is 10.3 Å². The van der Waals surface area contributed by atoms with Crippen LogP contribution in [0.25, 0.3) is 0 Å². The molecule has 0 unspecified atom stereocenters. The highest BCUT2D eigenvalue weighted by molar-refractivity contribution is 6.32. The van der Waals surface area contributed by atoms with Crippen LogP contribution in [0.3, 0.4) is 0 Å². The first-order chi connectivity index (χ1) is 10.6. The van der Waals surface area contributed by atoms with Crippen LogP contribution in [0.15, 0.2) is 36.5 Å². The Balaban J connectivity index is 2.09. The summed E-state index contributed by atoms with van der Waals surface area (Å²) in [5.74, 6) is 0.367. The van der Waals surface area contributed by atoms with E-state index in [9.17, 15) is 4.79 Å². The number of halogens is 1. The lowest BCUT2D eigenvalue weighted by Gasteiger charge is -2.10. The third kappa shape index (κ3) is 4.19. The van der Waals surface area contributed by atoms with Crippen LogP contribution in [0.1, 0.15) is 29.4 Å². The number of hydrogen-bond acceptors (Lipinski definition) is 4. The SMILES string of the molecule is CCCOc1ccc(NC(=O)c2ccnc(CN)c2)cc1Cl. The van der Waals surface area contributed by atoms with E-state index in [0.717, 1.165) is 6.42 Å². The molecule has 1 amide bonds. The Labute approximate surface area is 134 Å². The van der Waals surface area contributed by atoms with Crippen molar-refractivity contribution in [1.82, 2.24) is 4.98 Å². The van der Waals surface area contributed by atoms with Gasteiger partial charge < -0.3 is 15.8 Å². The van der Waals surface area contributed by atoms with Gasteiger partial charge in [0.05, 0.1) is 17.3 Å². The van der Waals surface area contributed by atoms with Crippen LogP contribution in [0.5, 0.6) is 5.75 Å². The van der Waals surface area contributed by atoms with Crippen molar-refractivity contribution >= 4 is 23.2 Å². The van der Waals surface area contributed by atoms with E-state index in [1.807, 2.05) is 6.92 Å². The number of ether oxygens (including phenoxy) is 1. The van der Waals surface area contributed by atoms with E-state index in [1.165, 1.54) is 0 Å². The summed E-state index contributed by atoms with van der Waals surface area (Å²) in [7, 11) is 0. The number of nitrogens with two attached hydrogens (primary N) is 1. The van der Waals surface area contributed by atoms with Crippen LogP contribution in [0.2, 0.25) is 5.02 Å². The number of rotatable bonds is 6. The van der Waals surface area contributed by atoms with Crippen LogP contribution < -0.4 is 15.8 Å². The van der Waals surface area contributed by atoms with Crippen LogP contribution in [0, 0.1) is 0 Å². The van der Waals surface area contributed by atoms with Crippen molar-refractivity contribution in [1.29, 1.82) is 0 Å².